The molecule has 0 fully saturated rings. The van der Waals surface area contributed by atoms with E-state index in [0.29, 0.717) is 5.52 Å². The predicted octanol–water partition coefficient (Wildman–Crippen LogP) is 1.62. The van der Waals surface area contributed by atoms with Crippen molar-refractivity contribution in [1.82, 2.24) is 9.88 Å². The molecule has 2 aromatic rings. The number of carbonyl (C=O) groups excluding carboxylic acids is 2. The Hall–Kier alpha value is -2.50. The highest BCUT2D eigenvalue weighted by Gasteiger charge is 2.16. The largest absolute Gasteiger partial charge is 0.468 e. The van der Waals surface area contributed by atoms with Crippen LogP contribution in [0.25, 0.3) is 10.9 Å². The second-order valence-corrected chi connectivity index (χ2v) is 4.27. The molecule has 2 rings (SSSR count). The molecule has 0 N–H and O–H groups in total. The zero-order valence-electron chi connectivity index (χ0n) is 11.1. The molecule has 0 bridgehead atoms. The van der Waals surface area contributed by atoms with Crippen molar-refractivity contribution in [2.75, 3.05) is 20.7 Å². The number of likely N-dealkylation sites (N-methyl/N-ethyl adjacent to an activating group) is 1. The number of carbonyl (C=O) groups is 2. The van der Waals surface area contributed by atoms with Crippen molar-refractivity contribution < 1.29 is 18.7 Å². The number of hydrogen-bond acceptors (Lipinski definition) is 4. The van der Waals surface area contributed by atoms with E-state index in [-0.39, 0.29) is 12.2 Å². The number of amides is 1. The van der Waals surface area contributed by atoms with Gasteiger partial charge in [-0.2, -0.15) is 0 Å². The molecule has 0 aliphatic heterocycles. The Morgan fingerprint density at radius 1 is 1.30 bits per heavy atom. The molecule has 0 aliphatic rings. The van der Waals surface area contributed by atoms with Crippen LogP contribution >= 0.6 is 0 Å². The maximum absolute atomic E-state index is 13.1. The highest BCUT2D eigenvalue weighted by molar-refractivity contribution is 5.96. The Kier molecular flexibility index (Phi) is 3.93. The Labute approximate surface area is 115 Å². The smallest absolute Gasteiger partial charge is 0.325 e. The van der Waals surface area contributed by atoms with Crippen LogP contribution in [0.5, 0.6) is 0 Å². The van der Waals surface area contributed by atoms with Gasteiger partial charge in [-0.15, -0.1) is 0 Å². The molecule has 1 aromatic carbocycles. The van der Waals surface area contributed by atoms with Crippen LogP contribution < -0.4 is 0 Å². The fraction of sp³-hybridized carbons (Fsp3) is 0.214. The Balaban J connectivity index is 2.28. The van der Waals surface area contributed by atoms with Gasteiger partial charge in [0.25, 0.3) is 5.91 Å². The van der Waals surface area contributed by atoms with Gasteiger partial charge in [-0.05, 0) is 18.2 Å². The number of aromatic nitrogens is 1. The van der Waals surface area contributed by atoms with Crippen molar-refractivity contribution in [3.05, 3.63) is 41.8 Å². The number of hydrogen-bond donors (Lipinski definition) is 0. The second-order valence-electron chi connectivity index (χ2n) is 4.27. The average Bonchev–Trinajstić information content (AvgIpc) is 2.45. The fourth-order valence-electron chi connectivity index (χ4n) is 1.73. The van der Waals surface area contributed by atoms with Crippen LogP contribution in [-0.2, 0) is 9.53 Å². The lowest BCUT2D eigenvalue weighted by Gasteiger charge is -2.15. The number of rotatable bonds is 3. The molecule has 0 atom stereocenters. The average molecular weight is 276 g/mol. The lowest BCUT2D eigenvalue weighted by Crippen LogP contribution is -2.33. The van der Waals surface area contributed by atoms with Crippen molar-refractivity contribution in [2.45, 2.75) is 0 Å². The molecule has 0 spiro atoms. The number of methoxy groups -OCH3 is 1. The standard InChI is InChI=1S/C14H13FN2O3/c1-17(8-13(18)20-2)14(19)11-6-4-9-3-5-10(15)7-12(9)16-11/h3-7H,8H2,1-2H3. The van der Waals surface area contributed by atoms with Crippen LogP contribution in [0.2, 0.25) is 0 Å². The molecule has 0 saturated carbocycles. The molecule has 1 aromatic heterocycles. The number of esters is 1. The van der Waals surface area contributed by atoms with Gasteiger partial charge in [-0.3, -0.25) is 9.59 Å². The molecule has 20 heavy (non-hydrogen) atoms. The third-order valence-electron chi connectivity index (χ3n) is 2.81. The van der Waals surface area contributed by atoms with Crippen molar-refractivity contribution in [3.63, 3.8) is 0 Å². The number of halogens is 1. The number of pyridine rings is 1. The normalized spacial score (nSPS) is 10.3. The van der Waals surface area contributed by atoms with Crippen molar-refractivity contribution in [2.24, 2.45) is 0 Å². The first-order valence-corrected chi connectivity index (χ1v) is 5.90. The summed E-state index contributed by atoms with van der Waals surface area (Å²) in [7, 11) is 2.72. The summed E-state index contributed by atoms with van der Waals surface area (Å²) in [4.78, 5) is 28.5. The quantitative estimate of drug-likeness (QED) is 0.799. The summed E-state index contributed by atoms with van der Waals surface area (Å²) in [6.45, 7) is -0.168. The first-order valence-electron chi connectivity index (χ1n) is 5.90. The summed E-state index contributed by atoms with van der Waals surface area (Å²) in [5.74, 6) is -1.37. The zero-order chi connectivity index (χ0) is 14.7. The van der Waals surface area contributed by atoms with Gasteiger partial charge in [0.1, 0.15) is 18.1 Å². The van der Waals surface area contributed by atoms with Gasteiger partial charge in [0.05, 0.1) is 12.6 Å². The number of benzene rings is 1. The van der Waals surface area contributed by atoms with E-state index in [9.17, 15) is 14.0 Å². The highest BCUT2D eigenvalue weighted by atomic mass is 19.1. The minimum Gasteiger partial charge on any atom is -0.468 e. The minimum absolute atomic E-state index is 0.148. The van der Waals surface area contributed by atoms with Gasteiger partial charge in [0.15, 0.2) is 0 Å². The minimum atomic E-state index is -0.521. The van der Waals surface area contributed by atoms with Crippen molar-refractivity contribution >= 4 is 22.8 Å². The first-order chi connectivity index (χ1) is 9.51. The highest BCUT2D eigenvalue weighted by Crippen LogP contribution is 2.14. The molecule has 104 valence electrons. The number of ether oxygens (including phenoxy) is 1. The Bertz CT molecular complexity index is 673. The van der Waals surface area contributed by atoms with E-state index in [1.54, 1.807) is 12.1 Å². The van der Waals surface area contributed by atoms with Crippen LogP contribution in [0.15, 0.2) is 30.3 Å². The summed E-state index contributed by atoms with van der Waals surface area (Å²) >= 11 is 0. The summed E-state index contributed by atoms with van der Waals surface area (Å²) in [6, 6.07) is 7.39. The maximum atomic E-state index is 13.1. The molecule has 1 amide bonds. The van der Waals surface area contributed by atoms with Crippen LogP contribution in [0, 0.1) is 5.82 Å². The van der Waals surface area contributed by atoms with Crippen LogP contribution in [0.3, 0.4) is 0 Å². The molecule has 0 unspecified atom stereocenters. The van der Waals surface area contributed by atoms with Gasteiger partial charge in [-0.1, -0.05) is 6.07 Å². The Morgan fingerprint density at radius 2 is 2.00 bits per heavy atom. The van der Waals surface area contributed by atoms with Gasteiger partial charge in [0, 0.05) is 18.5 Å². The van der Waals surface area contributed by atoms with Crippen molar-refractivity contribution in [3.8, 4) is 0 Å². The second kappa shape index (κ2) is 5.64. The SMILES string of the molecule is COC(=O)CN(C)C(=O)c1ccc2ccc(F)cc2n1. The molecule has 6 heteroatoms. The summed E-state index contributed by atoms with van der Waals surface area (Å²) in [5.41, 5.74) is 0.539. The number of fused-ring (bicyclic) bond motifs is 1. The van der Waals surface area contributed by atoms with Crippen molar-refractivity contribution in [1.29, 1.82) is 0 Å². The van der Waals surface area contributed by atoms with Crippen LogP contribution in [0.4, 0.5) is 4.39 Å². The van der Waals surface area contributed by atoms with E-state index in [0.717, 1.165) is 5.39 Å². The van der Waals surface area contributed by atoms with Gasteiger partial charge in [-0.25, -0.2) is 9.37 Å². The van der Waals surface area contributed by atoms with Crippen LogP contribution in [0.1, 0.15) is 10.5 Å². The molecular weight excluding hydrogens is 263 g/mol. The van der Waals surface area contributed by atoms with E-state index in [4.69, 9.17) is 0 Å². The first kappa shape index (κ1) is 13.9. The summed E-state index contributed by atoms with van der Waals surface area (Å²) in [6.07, 6.45) is 0. The maximum Gasteiger partial charge on any atom is 0.325 e. The van der Waals surface area contributed by atoms with Gasteiger partial charge >= 0.3 is 5.97 Å². The zero-order valence-corrected chi connectivity index (χ0v) is 11.1. The molecule has 0 saturated heterocycles. The topological polar surface area (TPSA) is 59.5 Å². The molecule has 0 radical (unpaired) electrons. The van der Waals surface area contributed by atoms with E-state index in [1.807, 2.05) is 0 Å². The van der Waals surface area contributed by atoms with E-state index in [1.165, 1.54) is 37.3 Å². The lowest BCUT2D eigenvalue weighted by molar-refractivity contribution is -0.141. The predicted molar refractivity (Wildman–Crippen MR) is 70.7 cm³/mol. The molecule has 0 aliphatic carbocycles. The van der Waals surface area contributed by atoms with E-state index < -0.39 is 17.7 Å². The number of nitrogens with zero attached hydrogens (tertiary/aromatic N) is 2. The van der Waals surface area contributed by atoms with E-state index in [2.05, 4.69) is 9.72 Å². The third-order valence-corrected chi connectivity index (χ3v) is 2.81. The molecule has 5 nitrogen and oxygen atoms in total. The molecular formula is C14H13FN2O3. The third kappa shape index (κ3) is 2.90. The summed E-state index contributed by atoms with van der Waals surface area (Å²) < 4.78 is 17.6. The summed E-state index contributed by atoms with van der Waals surface area (Å²) in [5, 5.41) is 0.735. The van der Waals surface area contributed by atoms with Gasteiger partial charge < -0.3 is 9.64 Å². The van der Waals surface area contributed by atoms with Gasteiger partial charge in [0.2, 0.25) is 0 Å². The molecule has 1 heterocycles. The monoisotopic (exact) mass is 276 g/mol. The fourth-order valence-corrected chi connectivity index (χ4v) is 1.73. The van der Waals surface area contributed by atoms with E-state index >= 15 is 0 Å². The Morgan fingerprint density at radius 3 is 2.70 bits per heavy atom. The van der Waals surface area contributed by atoms with Crippen LogP contribution in [-0.4, -0.2) is 42.5 Å². The lowest BCUT2D eigenvalue weighted by atomic mass is 10.2.